The van der Waals surface area contributed by atoms with E-state index in [1.807, 2.05) is 49.1 Å². The lowest BCUT2D eigenvalue weighted by atomic mass is 9.74. The van der Waals surface area contributed by atoms with E-state index in [-0.39, 0.29) is 30.6 Å². The van der Waals surface area contributed by atoms with Gasteiger partial charge in [-0.2, -0.15) is 0 Å². The molecule has 0 radical (unpaired) electrons. The lowest BCUT2D eigenvalue weighted by Gasteiger charge is -2.60. The third-order valence-electron chi connectivity index (χ3n) is 5.33. The molecule has 2 fully saturated rings. The summed E-state index contributed by atoms with van der Waals surface area (Å²) in [6.07, 6.45) is 2.51. The van der Waals surface area contributed by atoms with Crippen molar-refractivity contribution in [2.24, 2.45) is 11.8 Å². The average Bonchev–Trinajstić information content (AvgIpc) is 2.66. The normalized spacial score (nSPS) is 26.3. The zero-order chi connectivity index (χ0) is 19.4. The van der Waals surface area contributed by atoms with Crippen LogP contribution in [0.25, 0.3) is 0 Å². The van der Waals surface area contributed by atoms with E-state index in [4.69, 9.17) is 18.9 Å². The molecule has 3 rings (SSSR count). The molecule has 0 saturated carbocycles. The van der Waals surface area contributed by atoms with Gasteiger partial charge in [0.25, 0.3) is 0 Å². The quantitative estimate of drug-likeness (QED) is 0.287. The fourth-order valence-electron chi connectivity index (χ4n) is 3.92. The second kappa shape index (κ2) is 8.42. The second-order valence-electron chi connectivity index (χ2n) is 7.53. The summed E-state index contributed by atoms with van der Waals surface area (Å²) >= 11 is 0. The van der Waals surface area contributed by atoms with Crippen LogP contribution < -0.4 is 4.74 Å². The number of nitrogens with zero attached hydrogens (tertiary/aromatic N) is 1. The Bertz CT molecular complexity index is 657. The Balaban J connectivity index is 1.45. The first-order chi connectivity index (χ1) is 13.0. The molecule has 1 aromatic rings. The Hall–Kier alpha value is -1.89. The Morgan fingerprint density at radius 2 is 2.04 bits per heavy atom. The summed E-state index contributed by atoms with van der Waals surface area (Å²) in [6, 6.07) is 7.88. The number of fused-ring (bicyclic) bond motifs is 1. The van der Waals surface area contributed by atoms with Gasteiger partial charge in [-0.3, -0.25) is 4.79 Å². The van der Waals surface area contributed by atoms with E-state index in [9.17, 15) is 4.79 Å². The average molecular weight is 375 g/mol. The van der Waals surface area contributed by atoms with Gasteiger partial charge in [0.2, 0.25) is 5.91 Å². The van der Waals surface area contributed by atoms with Crippen molar-refractivity contribution >= 4 is 5.91 Å². The van der Waals surface area contributed by atoms with Crippen molar-refractivity contribution in [1.29, 1.82) is 0 Å². The fraction of sp³-hybridized carbons (Fsp3) is 0.571. The van der Waals surface area contributed by atoms with Crippen molar-refractivity contribution in [1.82, 2.24) is 4.90 Å². The molecule has 0 spiro atoms. The molecular formula is C21H29NO5. The van der Waals surface area contributed by atoms with Gasteiger partial charge in [0.05, 0.1) is 38.9 Å². The number of allylic oxidation sites excluding steroid dienone is 1. The van der Waals surface area contributed by atoms with Crippen LogP contribution in [-0.4, -0.2) is 49.7 Å². The zero-order valence-corrected chi connectivity index (χ0v) is 16.3. The molecule has 0 bridgehead atoms. The van der Waals surface area contributed by atoms with Crippen molar-refractivity contribution in [3.8, 4) is 5.75 Å². The number of carbonyl (C=O) groups excluding carboxylic acids is 1. The van der Waals surface area contributed by atoms with Gasteiger partial charge >= 0.3 is 0 Å². The predicted molar refractivity (Wildman–Crippen MR) is 101 cm³/mol. The maximum Gasteiger partial charge on any atom is 0.230 e. The molecule has 0 N–H and O–H groups in total. The van der Waals surface area contributed by atoms with Gasteiger partial charge in [-0.25, -0.2) is 0 Å². The number of hydrogen-bond acceptors (Lipinski definition) is 5. The number of rotatable bonds is 9. The first-order valence-corrected chi connectivity index (χ1v) is 9.34. The van der Waals surface area contributed by atoms with Crippen LogP contribution in [0.5, 0.6) is 5.75 Å². The molecular weight excluding hydrogens is 346 g/mol. The second-order valence-corrected chi connectivity index (χ2v) is 7.53. The largest absolute Gasteiger partial charge is 0.497 e. The number of carbonyl (C=O) groups is 1. The molecule has 3 atom stereocenters. The van der Waals surface area contributed by atoms with E-state index in [1.165, 1.54) is 0 Å². The minimum Gasteiger partial charge on any atom is -0.497 e. The minimum absolute atomic E-state index is 0.0144. The summed E-state index contributed by atoms with van der Waals surface area (Å²) in [6.45, 7) is 9.43. The van der Waals surface area contributed by atoms with Crippen LogP contribution in [0.2, 0.25) is 0 Å². The van der Waals surface area contributed by atoms with Crippen molar-refractivity contribution < 1.29 is 23.7 Å². The highest BCUT2D eigenvalue weighted by molar-refractivity contribution is 5.87. The maximum atomic E-state index is 12.4. The molecule has 0 unspecified atom stereocenters. The van der Waals surface area contributed by atoms with Gasteiger partial charge in [0, 0.05) is 5.92 Å². The number of amides is 1. The fourth-order valence-corrected chi connectivity index (χ4v) is 3.92. The van der Waals surface area contributed by atoms with Gasteiger partial charge in [-0.05, 0) is 38.0 Å². The Labute approximate surface area is 161 Å². The predicted octanol–water partition coefficient (Wildman–Crippen LogP) is 2.97. The highest BCUT2D eigenvalue weighted by atomic mass is 16.7. The molecule has 0 aliphatic carbocycles. The number of hydrogen-bond donors (Lipinski definition) is 0. The Morgan fingerprint density at radius 1 is 1.30 bits per heavy atom. The smallest absolute Gasteiger partial charge is 0.230 e. The highest BCUT2D eigenvalue weighted by Gasteiger charge is 2.58. The topological polar surface area (TPSA) is 57.2 Å². The summed E-state index contributed by atoms with van der Waals surface area (Å²) in [5.74, 6) is 1.10. The van der Waals surface area contributed by atoms with E-state index in [1.54, 1.807) is 7.11 Å². The first kappa shape index (κ1) is 19.9. The van der Waals surface area contributed by atoms with Crippen LogP contribution in [0.1, 0.15) is 25.8 Å². The molecule has 1 amide bonds. The van der Waals surface area contributed by atoms with Crippen LogP contribution in [0.15, 0.2) is 36.9 Å². The molecule has 2 saturated heterocycles. The number of β-lactam (4-membered cyclic amide) rings is 1. The van der Waals surface area contributed by atoms with Crippen LogP contribution >= 0.6 is 0 Å². The summed E-state index contributed by atoms with van der Waals surface area (Å²) in [7, 11) is 1.64. The van der Waals surface area contributed by atoms with E-state index in [2.05, 4.69) is 6.58 Å². The molecule has 2 aliphatic rings. The summed E-state index contributed by atoms with van der Waals surface area (Å²) in [4.78, 5) is 14.3. The third-order valence-corrected chi connectivity index (χ3v) is 5.33. The third kappa shape index (κ3) is 4.18. The van der Waals surface area contributed by atoms with Gasteiger partial charge in [0.1, 0.15) is 18.3 Å². The molecule has 6 nitrogen and oxygen atoms in total. The monoisotopic (exact) mass is 375 g/mol. The first-order valence-electron chi connectivity index (χ1n) is 9.34. The van der Waals surface area contributed by atoms with Gasteiger partial charge < -0.3 is 23.8 Å². The molecule has 27 heavy (non-hydrogen) atoms. The van der Waals surface area contributed by atoms with E-state index in [0.717, 1.165) is 11.3 Å². The van der Waals surface area contributed by atoms with Gasteiger partial charge in [-0.1, -0.05) is 18.2 Å². The number of ether oxygens (including phenoxy) is 4. The van der Waals surface area contributed by atoms with Gasteiger partial charge in [0.15, 0.2) is 0 Å². The van der Waals surface area contributed by atoms with Crippen LogP contribution in [0.3, 0.4) is 0 Å². The summed E-state index contributed by atoms with van der Waals surface area (Å²) in [5.41, 5.74) is 0.504. The van der Waals surface area contributed by atoms with E-state index >= 15 is 0 Å². The Kier molecular flexibility index (Phi) is 6.19. The van der Waals surface area contributed by atoms with Crippen molar-refractivity contribution in [3.05, 3.63) is 42.5 Å². The zero-order valence-electron chi connectivity index (χ0n) is 16.3. The molecule has 1 aromatic carbocycles. The number of methoxy groups -OCH3 is 1. The van der Waals surface area contributed by atoms with Crippen LogP contribution in [0, 0.1) is 11.8 Å². The molecule has 2 heterocycles. The Morgan fingerprint density at radius 3 is 2.70 bits per heavy atom. The maximum absolute atomic E-state index is 12.4. The molecule has 6 heteroatoms. The van der Waals surface area contributed by atoms with E-state index < -0.39 is 5.72 Å². The van der Waals surface area contributed by atoms with E-state index in [0.29, 0.717) is 26.2 Å². The van der Waals surface area contributed by atoms with Crippen molar-refractivity contribution in [3.63, 3.8) is 0 Å². The van der Waals surface area contributed by atoms with Crippen molar-refractivity contribution in [2.75, 3.05) is 27.1 Å². The van der Waals surface area contributed by atoms with Crippen molar-refractivity contribution in [2.45, 2.75) is 38.6 Å². The lowest BCUT2D eigenvalue weighted by Crippen LogP contribution is -2.74. The van der Waals surface area contributed by atoms with Crippen LogP contribution in [-0.2, 0) is 25.6 Å². The number of benzene rings is 1. The molecule has 2 aliphatic heterocycles. The SMILES string of the molecule is C=CC[C@H]1C(=O)N2[C@@H]1[C@H](COCOCc1ccc(OC)cc1)COC2(C)C. The lowest BCUT2D eigenvalue weighted by molar-refractivity contribution is -0.256. The summed E-state index contributed by atoms with van der Waals surface area (Å²) < 4.78 is 22.4. The van der Waals surface area contributed by atoms with Gasteiger partial charge in [-0.15, -0.1) is 6.58 Å². The molecule has 148 valence electrons. The molecule has 0 aromatic heterocycles. The highest BCUT2D eigenvalue weighted by Crippen LogP contribution is 2.44. The standard InChI is InChI=1S/C21H29NO5/c1-5-6-18-19-16(13-27-21(2,3)22(19)20(18)23)12-26-14-25-11-15-7-9-17(24-4)10-8-15/h5,7-10,16,18-19H,1,6,11-14H2,2-4H3/t16-,18-,19-/m1/s1. The minimum atomic E-state index is -0.555. The van der Waals surface area contributed by atoms with Crippen LogP contribution in [0.4, 0.5) is 0 Å². The summed E-state index contributed by atoms with van der Waals surface area (Å²) in [5, 5.41) is 0.